The SMILES string of the molecule is CCc1n[nH]nc1C1CCNC1. The topological polar surface area (TPSA) is 53.6 Å². The van der Waals surface area contributed by atoms with Crippen LogP contribution in [-0.4, -0.2) is 28.5 Å². The van der Waals surface area contributed by atoms with Gasteiger partial charge in [-0.1, -0.05) is 6.92 Å². The van der Waals surface area contributed by atoms with Crippen molar-refractivity contribution in [2.45, 2.75) is 25.7 Å². The highest BCUT2D eigenvalue weighted by molar-refractivity contribution is 5.15. The van der Waals surface area contributed by atoms with E-state index in [1.165, 1.54) is 12.1 Å². The molecule has 66 valence electrons. The van der Waals surface area contributed by atoms with E-state index in [9.17, 15) is 0 Å². The zero-order valence-corrected chi connectivity index (χ0v) is 7.30. The second kappa shape index (κ2) is 3.23. The number of nitrogens with zero attached hydrogens (tertiary/aromatic N) is 2. The lowest BCUT2D eigenvalue weighted by molar-refractivity contribution is 0.720. The Kier molecular flexibility index (Phi) is 2.08. The van der Waals surface area contributed by atoms with Gasteiger partial charge in [-0.15, -0.1) is 0 Å². The number of hydrogen-bond donors (Lipinski definition) is 2. The third-order valence-corrected chi connectivity index (χ3v) is 2.43. The fourth-order valence-electron chi connectivity index (χ4n) is 1.74. The molecular formula is C8H14N4. The standard InChI is InChI=1S/C8H14N4/c1-2-7-8(11-12-10-7)6-3-4-9-5-6/h6,9H,2-5H2,1H3,(H,10,11,12). The van der Waals surface area contributed by atoms with Crippen LogP contribution in [0.3, 0.4) is 0 Å². The molecule has 0 bridgehead atoms. The predicted molar refractivity (Wildman–Crippen MR) is 46.0 cm³/mol. The summed E-state index contributed by atoms with van der Waals surface area (Å²) in [7, 11) is 0. The average molecular weight is 166 g/mol. The number of H-pyrrole nitrogens is 1. The van der Waals surface area contributed by atoms with Crippen LogP contribution in [0.4, 0.5) is 0 Å². The second-order valence-corrected chi connectivity index (χ2v) is 3.20. The molecule has 1 aliphatic rings. The van der Waals surface area contributed by atoms with Crippen molar-refractivity contribution in [2.24, 2.45) is 0 Å². The van der Waals surface area contributed by atoms with Gasteiger partial charge >= 0.3 is 0 Å². The van der Waals surface area contributed by atoms with E-state index in [1.54, 1.807) is 0 Å². The third-order valence-electron chi connectivity index (χ3n) is 2.43. The van der Waals surface area contributed by atoms with Crippen LogP contribution >= 0.6 is 0 Å². The molecular weight excluding hydrogens is 152 g/mol. The fourth-order valence-corrected chi connectivity index (χ4v) is 1.74. The summed E-state index contributed by atoms with van der Waals surface area (Å²) in [6.45, 7) is 4.28. The number of hydrogen-bond acceptors (Lipinski definition) is 3. The van der Waals surface area contributed by atoms with Gasteiger partial charge in [-0.25, -0.2) is 0 Å². The average Bonchev–Trinajstić information content (AvgIpc) is 2.74. The molecule has 2 N–H and O–H groups in total. The molecule has 0 radical (unpaired) electrons. The minimum atomic E-state index is 0.582. The minimum absolute atomic E-state index is 0.582. The van der Waals surface area contributed by atoms with E-state index in [0.717, 1.165) is 25.2 Å². The largest absolute Gasteiger partial charge is 0.316 e. The Morgan fingerprint density at radius 1 is 1.50 bits per heavy atom. The molecule has 1 aliphatic heterocycles. The summed E-state index contributed by atoms with van der Waals surface area (Å²) in [6, 6.07) is 0. The molecule has 1 saturated heterocycles. The predicted octanol–water partition coefficient (Wildman–Crippen LogP) is 0.444. The highest BCUT2D eigenvalue weighted by Gasteiger charge is 2.21. The normalized spacial score (nSPS) is 23.2. The van der Waals surface area contributed by atoms with Gasteiger partial charge in [0, 0.05) is 12.5 Å². The van der Waals surface area contributed by atoms with Crippen LogP contribution in [0.25, 0.3) is 0 Å². The van der Waals surface area contributed by atoms with E-state index < -0.39 is 0 Å². The molecule has 0 amide bonds. The highest BCUT2D eigenvalue weighted by atomic mass is 15.3. The van der Waals surface area contributed by atoms with Gasteiger partial charge in [-0.05, 0) is 19.4 Å². The quantitative estimate of drug-likeness (QED) is 0.670. The van der Waals surface area contributed by atoms with Crippen LogP contribution < -0.4 is 5.32 Å². The van der Waals surface area contributed by atoms with Crippen LogP contribution in [0.2, 0.25) is 0 Å². The van der Waals surface area contributed by atoms with Gasteiger partial charge in [-0.3, -0.25) is 0 Å². The van der Waals surface area contributed by atoms with Gasteiger partial charge in [0.2, 0.25) is 0 Å². The Balaban J connectivity index is 2.19. The molecule has 1 atom stereocenters. The molecule has 0 aromatic carbocycles. The maximum Gasteiger partial charge on any atom is 0.0900 e. The number of rotatable bonds is 2. The zero-order valence-electron chi connectivity index (χ0n) is 7.30. The van der Waals surface area contributed by atoms with E-state index in [2.05, 4.69) is 27.7 Å². The summed E-state index contributed by atoms with van der Waals surface area (Å²) >= 11 is 0. The van der Waals surface area contributed by atoms with Crippen LogP contribution in [0.1, 0.15) is 30.7 Å². The number of aromatic amines is 1. The lowest BCUT2D eigenvalue weighted by Gasteiger charge is -2.04. The molecule has 0 spiro atoms. The zero-order chi connectivity index (χ0) is 8.39. The molecule has 0 saturated carbocycles. The molecule has 1 fully saturated rings. The lowest BCUT2D eigenvalue weighted by Crippen LogP contribution is -2.09. The molecule has 2 rings (SSSR count). The molecule has 4 heteroatoms. The summed E-state index contributed by atoms with van der Waals surface area (Å²) in [5, 5.41) is 14.3. The number of nitrogens with one attached hydrogen (secondary N) is 2. The number of aromatic nitrogens is 3. The van der Waals surface area contributed by atoms with Crippen LogP contribution in [-0.2, 0) is 6.42 Å². The van der Waals surface area contributed by atoms with E-state index in [4.69, 9.17) is 0 Å². The first kappa shape index (κ1) is 7.73. The first-order valence-electron chi connectivity index (χ1n) is 4.52. The Morgan fingerprint density at radius 3 is 3.08 bits per heavy atom. The number of aryl methyl sites for hydroxylation is 1. The molecule has 2 heterocycles. The maximum absolute atomic E-state index is 4.19. The molecule has 1 unspecified atom stereocenters. The Bertz CT molecular complexity index is 249. The van der Waals surface area contributed by atoms with Crippen molar-refractivity contribution >= 4 is 0 Å². The van der Waals surface area contributed by atoms with Crippen molar-refractivity contribution in [1.29, 1.82) is 0 Å². The van der Waals surface area contributed by atoms with E-state index >= 15 is 0 Å². The molecule has 12 heavy (non-hydrogen) atoms. The maximum atomic E-state index is 4.19. The Labute approximate surface area is 71.8 Å². The first-order chi connectivity index (χ1) is 5.92. The molecule has 4 nitrogen and oxygen atoms in total. The van der Waals surface area contributed by atoms with Gasteiger partial charge < -0.3 is 5.32 Å². The van der Waals surface area contributed by atoms with Crippen molar-refractivity contribution in [3.05, 3.63) is 11.4 Å². The summed E-state index contributed by atoms with van der Waals surface area (Å²) in [4.78, 5) is 0. The molecule has 0 aliphatic carbocycles. The second-order valence-electron chi connectivity index (χ2n) is 3.20. The third kappa shape index (κ3) is 1.22. The summed E-state index contributed by atoms with van der Waals surface area (Å²) in [6.07, 6.45) is 2.17. The summed E-state index contributed by atoms with van der Waals surface area (Å²) in [5.74, 6) is 0.582. The minimum Gasteiger partial charge on any atom is -0.316 e. The van der Waals surface area contributed by atoms with Crippen molar-refractivity contribution in [1.82, 2.24) is 20.7 Å². The van der Waals surface area contributed by atoms with Crippen molar-refractivity contribution in [3.8, 4) is 0 Å². The van der Waals surface area contributed by atoms with E-state index in [0.29, 0.717) is 5.92 Å². The Hall–Kier alpha value is -0.900. The highest BCUT2D eigenvalue weighted by Crippen LogP contribution is 2.22. The van der Waals surface area contributed by atoms with Gasteiger partial charge in [0.15, 0.2) is 0 Å². The van der Waals surface area contributed by atoms with Gasteiger partial charge in [0.05, 0.1) is 11.4 Å². The van der Waals surface area contributed by atoms with Crippen molar-refractivity contribution in [2.75, 3.05) is 13.1 Å². The Morgan fingerprint density at radius 2 is 2.42 bits per heavy atom. The molecule has 1 aromatic rings. The van der Waals surface area contributed by atoms with Crippen LogP contribution in [0, 0.1) is 0 Å². The fraction of sp³-hybridized carbons (Fsp3) is 0.750. The van der Waals surface area contributed by atoms with Crippen molar-refractivity contribution in [3.63, 3.8) is 0 Å². The first-order valence-corrected chi connectivity index (χ1v) is 4.52. The van der Waals surface area contributed by atoms with Crippen LogP contribution in [0.15, 0.2) is 0 Å². The lowest BCUT2D eigenvalue weighted by atomic mass is 10.0. The summed E-state index contributed by atoms with van der Waals surface area (Å²) in [5.41, 5.74) is 2.30. The van der Waals surface area contributed by atoms with Gasteiger partial charge in [-0.2, -0.15) is 15.4 Å². The van der Waals surface area contributed by atoms with Crippen LogP contribution in [0.5, 0.6) is 0 Å². The van der Waals surface area contributed by atoms with Gasteiger partial charge in [0.1, 0.15) is 0 Å². The van der Waals surface area contributed by atoms with E-state index in [1.807, 2.05) is 0 Å². The molecule has 1 aromatic heterocycles. The monoisotopic (exact) mass is 166 g/mol. The summed E-state index contributed by atoms with van der Waals surface area (Å²) < 4.78 is 0. The van der Waals surface area contributed by atoms with Gasteiger partial charge in [0.25, 0.3) is 0 Å². The van der Waals surface area contributed by atoms with Crippen molar-refractivity contribution < 1.29 is 0 Å². The smallest absolute Gasteiger partial charge is 0.0900 e. The van der Waals surface area contributed by atoms with E-state index in [-0.39, 0.29) is 0 Å².